The smallest absolute Gasteiger partial charge is 0.111 e. The van der Waals surface area contributed by atoms with Crippen molar-refractivity contribution < 1.29 is 5.11 Å². The summed E-state index contributed by atoms with van der Waals surface area (Å²) in [6.07, 6.45) is 3.65. The van der Waals surface area contributed by atoms with E-state index in [0.29, 0.717) is 6.42 Å². The van der Waals surface area contributed by atoms with Crippen molar-refractivity contribution >= 4 is 15.9 Å². The first kappa shape index (κ1) is 11.4. The molecule has 0 aliphatic heterocycles. The summed E-state index contributed by atoms with van der Waals surface area (Å²) in [6, 6.07) is 7.68. The Bertz CT molecular complexity index is 464. The van der Waals surface area contributed by atoms with Crippen molar-refractivity contribution in [1.82, 2.24) is 9.55 Å². The van der Waals surface area contributed by atoms with E-state index in [1.165, 1.54) is 0 Å². The van der Waals surface area contributed by atoms with Crippen LogP contribution in [0.1, 0.15) is 17.5 Å². The van der Waals surface area contributed by atoms with E-state index in [0.717, 1.165) is 15.9 Å². The van der Waals surface area contributed by atoms with Gasteiger partial charge in [-0.1, -0.05) is 28.1 Å². The average Bonchev–Trinajstić information content (AvgIpc) is 2.65. The van der Waals surface area contributed by atoms with Gasteiger partial charge in [-0.25, -0.2) is 4.98 Å². The Balaban J connectivity index is 2.11. The van der Waals surface area contributed by atoms with Crippen LogP contribution in [-0.2, 0) is 13.5 Å². The zero-order valence-electron chi connectivity index (χ0n) is 8.97. The summed E-state index contributed by atoms with van der Waals surface area (Å²) < 4.78 is 2.93. The van der Waals surface area contributed by atoms with Gasteiger partial charge < -0.3 is 9.67 Å². The molecule has 0 radical (unpaired) electrons. The van der Waals surface area contributed by atoms with Crippen LogP contribution in [0.2, 0.25) is 0 Å². The first-order valence-electron chi connectivity index (χ1n) is 5.06. The molecule has 0 aliphatic carbocycles. The normalized spacial score (nSPS) is 12.7. The van der Waals surface area contributed by atoms with Crippen molar-refractivity contribution in [3.8, 4) is 0 Å². The van der Waals surface area contributed by atoms with E-state index in [2.05, 4.69) is 20.9 Å². The third-order valence-electron chi connectivity index (χ3n) is 2.55. The van der Waals surface area contributed by atoms with E-state index in [-0.39, 0.29) is 0 Å². The van der Waals surface area contributed by atoms with Crippen molar-refractivity contribution in [3.05, 3.63) is 52.5 Å². The molecular weight excluding hydrogens is 268 g/mol. The van der Waals surface area contributed by atoms with Crippen molar-refractivity contribution in [2.75, 3.05) is 0 Å². The Morgan fingerprint density at radius 1 is 1.38 bits per heavy atom. The lowest BCUT2D eigenvalue weighted by atomic mass is 10.1. The minimum Gasteiger partial charge on any atom is -0.388 e. The van der Waals surface area contributed by atoms with Crippen LogP contribution in [0.25, 0.3) is 0 Å². The van der Waals surface area contributed by atoms with Gasteiger partial charge in [-0.15, -0.1) is 0 Å². The highest BCUT2D eigenvalue weighted by molar-refractivity contribution is 9.10. The molecule has 1 N–H and O–H groups in total. The maximum absolute atomic E-state index is 10.0. The van der Waals surface area contributed by atoms with Gasteiger partial charge in [0.25, 0.3) is 0 Å². The van der Waals surface area contributed by atoms with Crippen LogP contribution < -0.4 is 0 Å². The van der Waals surface area contributed by atoms with E-state index in [1.807, 2.05) is 42.1 Å². The van der Waals surface area contributed by atoms with E-state index < -0.39 is 6.10 Å². The molecule has 1 unspecified atom stereocenters. The summed E-state index contributed by atoms with van der Waals surface area (Å²) >= 11 is 3.37. The summed E-state index contributed by atoms with van der Waals surface area (Å²) in [5.41, 5.74) is 0.909. The zero-order chi connectivity index (χ0) is 11.5. The molecule has 16 heavy (non-hydrogen) atoms. The number of benzene rings is 1. The van der Waals surface area contributed by atoms with Crippen LogP contribution in [0.5, 0.6) is 0 Å². The molecule has 2 rings (SSSR count). The van der Waals surface area contributed by atoms with Gasteiger partial charge in [-0.05, 0) is 17.7 Å². The number of hydrogen-bond acceptors (Lipinski definition) is 2. The lowest BCUT2D eigenvalue weighted by Gasteiger charge is -2.10. The highest BCUT2D eigenvalue weighted by Crippen LogP contribution is 2.19. The van der Waals surface area contributed by atoms with Crippen molar-refractivity contribution in [2.24, 2.45) is 7.05 Å². The SMILES string of the molecule is Cn1ccnc1CC(O)c1ccc(Br)cc1. The van der Waals surface area contributed by atoms with E-state index in [1.54, 1.807) is 6.20 Å². The van der Waals surface area contributed by atoms with Crippen molar-refractivity contribution in [1.29, 1.82) is 0 Å². The molecule has 0 bridgehead atoms. The van der Waals surface area contributed by atoms with E-state index in [4.69, 9.17) is 0 Å². The van der Waals surface area contributed by atoms with Crippen LogP contribution in [0.3, 0.4) is 0 Å². The number of halogens is 1. The van der Waals surface area contributed by atoms with Crippen LogP contribution in [0, 0.1) is 0 Å². The quantitative estimate of drug-likeness (QED) is 0.938. The predicted octanol–water partition coefficient (Wildman–Crippen LogP) is 2.46. The largest absolute Gasteiger partial charge is 0.388 e. The van der Waals surface area contributed by atoms with Gasteiger partial charge in [0, 0.05) is 30.3 Å². The standard InChI is InChI=1S/C12H13BrN2O/c1-15-7-6-14-12(15)8-11(16)9-2-4-10(13)5-3-9/h2-7,11,16H,8H2,1H3. The molecule has 0 saturated heterocycles. The Morgan fingerprint density at radius 2 is 2.06 bits per heavy atom. The average molecular weight is 281 g/mol. The van der Waals surface area contributed by atoms with Gasteiger partial charge in [0.2, 0.25) is 0 Å². The molecule has 0 saturated carbocycles. The molecule has 0 fully saturated rings. The number of aliphatic hydroxyl groups excluding tert-OH is 1. The lowest BCUT2D eigenvalue weighted by Crippen LogP contribution is -2.06. The highest BCUT2D eigenvalue weighted by Gasteiger charge is 2.10. The fraction of sp³-hybridized carbons (Fsp3) is 0.250. The van der Waals surface area contributed by atoms with E-state index in [9.17, 15) is 5.11 Å². The maximum atomic E-state index is 10.0. The monoisotopic (exact) mass is 280 g/mol. The van der Waals surface area contributed by atoms with Gasteiger partial charge >= 0.3 is 0 Å². The number of aryl methyl sites for hydroxylation is 1. The highest BCUT2D eigenvalue weighted by atomic mass is 79.9. The molecule has 0 spiro atoms. The summed E-state index contributed by atoms with van der Waals surface area (Å²) in [5, 5.41) is 10.0. The van der Waals surface area contributed by atoms with Crippen LogP contribution in [-0.4, -0.2) is 14.7 Å². The number of nitrogens with zero attached hydrogens (tertiary/aromatic N) is 2. The Labute approximate surface area is 103 Å². The molecule has 1 aromatic carbocycles. The second-order valence-corrected chi connectivity index (χ2v) is 4.64. The summed E-state index contributed by atoms with van der Waals surface area (Å²) in [6.45, 7) is 0. The summed E-state index contributed by atoms with van der Waals surface area (Å²) in [4.78, 5) is 4.19. The predicted molar refractivity (Wildman–Crippen MR) is 66.0 cm³/mol. The molecule has 0 aliphatic rings. The Morgan fingerprint density at radius 3 is 2.62 bits per heavy atom. The first-order valence-corrected chi connectivity index (χ1v) is 5.86. The Kier molecular flexibility index (Phi) is 3.41. The van der Waals surface area contributed by atoms with Gasteiger partial charge in [-0.2, -0.15) is 0 Å². The summed E-state index contributed by atoms with van der Waals surface area (Å²) in [5.74, 6) is 0.885. The molecule has 84 valence electrons. The van der Waals surface area contributed by atoms with Gasteiger partial charge in [0.15, 0.2) is 0 Å². The van der Waals surface area contributed by atoms with Crippen molar-refractivity contribution in [2.45, 2.75) is 12.5 Å². The molecule has 0 amide bonds. The van der Waals surface area contributed by atoms with Crippen molar-refractivity contribution in [3.63, 3.8) is 0 Å². The van der Waals surface area contributed by atoms with Gasteiger partial charge in [0.1, 0.15) is 5.82 Å². The molecule has 2 aromatic rings. The second-order valence-electron chi connectivity index (χ2n) is 3.73. The fourth-order valence-corrected chi connectivity index (χ4v) is 1.83. The number of aliphatic hydroxyl groups is 1. The van der Waals surface area contributed by atoms with Crippen LogP contribution >= 0.6 is 15.9 Å². The molecule has 1 aromatic heterocycles. The number of rotatable bonds is 3. The number of imidazole rings is 1. The lowest BCUT2D eigenvalue weighted by molar-refractivity contribution is 0.175. The van der Waals surface area contributed by atoms with Crippen LogP contribution in [0.4, 0.5) is 0 Å². The maximum Gasteiger partial charge on any atom is 0.111 e. The minimum atomic E-state index is -0.505. The topological polar surface area (TPSA) is 38.0 Å². The second kappa shape index (κ2) is 4.80. The molecule has 1 atom stereocenters. The number of aromatic nitrogens is 2. The first-order chi connectivity index (χ1) is 7.66. The Hall–Kier alpha value is -1.13. The van der Waals surface area contributed by atoms with Crippen LogP contribution in [0.15, 0.2) is 41.1 Å². The molecule has 4 heteroatoms. The van der Waals surface area contributed by atoms with E-state index >= 15 is 0 Å². The molecule has 3 nitrogen and oxygen atoms in total. The van der Waals surface area contributed by atoms with Gasteiger partial charge in [-0.3, -0.25) is 0 Å². The number of hydrogen-bond donors (Lipinski definition) is 1. The minimum absolute atomic E-state index is 0.505. The third kappa shape index (κ3) is 2.51. The third-order valence-corrected chi connectivity index (χ3v) is 3.08. The molecule has 1 heterocycles. The summed E-state index contributed by atoms with van der Waals surface area (Å²) in [7, 11) is 1.93. The fourth-order valence-electron chi connectivity index (χ4n) is 1.57. The molecular formula is C12H13BrN2O. The zero-order valence-corrected chi connectivity index (χ0v) is 10.6. The van der Waals surface area contributed by atoms with Gasteiger partial charge in [0.05, 0.1) is 6.10 Å².